The Morgan fingerprint density at radius 1 is 0.884 bits per heavy atom. The molecule has 4 amide bonds. The summed E-state index contributed by atoms with van der Waals surface area (Å²) in [5, 5.41) is 11.5. The number of phenolic OH excluding ortho intramolecular Hbond substituents is 1. The van der Waals surface area contributed by atoms with Gasteiger partial charge in [0.2, 0.25) is 23.6 Å². The zero-order valence-electron chi connectivity index (χ0n) is 23.4. The van der Waals surface area contributed by atoms with Crippen molar-refractivity contribution >= 4 is 52.7 Å². The number of carbonyl (C=O) groups excluding carboxylic acids is 4. The zero-order chi connectivity index (χ0) is 30.2. The van der Waals surface area contributed by atoms with E-state index in [2.05, 4.69) is 6.58 Å². The minimum atomic E-state index is -1.25. The Labute approximate surface area is 254 Å². The van der Waals surface area contributed by atoms with Crippen molar-refractivity contribution in [3.63, 3.8) is 0 Å². The second kappa shape index (κ2) is 9.78. The number of hydrogen-bond donors (Lipinski definition) is 1. The molecule has 216 valence electrons. The first-order valence-corrected chi connectivity index (χ1v) is 14.8. The summed E-state index contributed by atoms with van der Waals surface area (Å²) in [5.74, 6) is -4.63. The number of anilines is 2. The summed E-state index contributed by atoms with van der Waals surface area (Å²) >= 11 is 6.42. The van der Waals surface area contributed by atoms with E-state index in [1.54, 1.807) is 73.7 Å². The van der Waals surface area contributed by atoms with Crippen molar-refractivity contribution in [1.29, 1.82) is 0 Å². The summed E-state index contributed by atoms with van der Waals surface area (Å²) < 4.78 is 0. The number of nitrogens with zero attached hydrogens (tertiary/aromatic N) is 2. The molecule has 4 aliphatic rings. The van der Waals surface area contributed by atoms with Gasteiger partial charge in [0.15, 0.2) is 0 Å². The van der Waals surface area contributed by atoms with Crippen LogP contribution in [0, 0.1) is 29.1 Å². The van der Waals surface area contributed by atoms with Gasteiger partial charge in [0.1, 0.15) is 5.75 Å². The lowest BCUT2D eigenvalue weighted by Crippen LogP contribution is -2.48. The Hall–Kier alpha value is -4.49. The fourth-order valence-electron chi connectivity index (χ4n) is 7.95. The van der Waals surface area contributed by atoms with Gasteiger partial charge >= 0.3 is 0 Å². The van der Waals surface area contributed by atoms with Crippen molar-refractivity contribution < 1.29 is 24.3 Å². The molecule has 3 fully saturated rings. The normalized spacial score (nSPS) is 29.7. The van der Waals surface area contributed by atoms with E-state index < -0.39 is 35.0 Å². The van der Waals surface area contributed by atoms with Crippen LogP contribution in [0.25, 0.3) is 6.08 Å². The molecule has 2 aliphatic heterocycles. The van der Waals surface area contributed by atoms with E-state index in [0.29, 0.717) is 28.4 Å². The molecule has 2 saturated heterocycles. The lowest BCUT2D eigenvalue weighted by Gasteiger charge is -2.49. The van der Waals surface area contributed by atoms with Gasteiger partial charge in [0.05, 0.1) is 34.5 Å². The molecule has 2 aliphatic carbocycles. The molecule has 7 rings (SSSR count). The monoisotopic (exact) mass is 592 g/mol. The molecule has 1 saturated carbocycles. The summed E-state index contributed by atoms with van der Waals surface area (Å²) in [6.45, 7) is 5.55. The third-order valence-corrected chi connectivity index (χ3v) is 10.2. The third kappa shape index (κ3) is 3.80. The van der Waals surface area contributed by atoms with E-state index >= 15 is 0 Å². The average Bonchev–Trinajstić information content (AvgIpc) is 3.38. The maximum Gasteiger partial charge on any atom is 0.241 e. The van der Waals surface area contributed by atoms with E-state index in [1.165, 1.54) is 15.9 Å². The molecule has 1 N–H and O–H groups in total. The van der Waals surface area contributed by atoms with Crippen LogP contribution in [0.5, 0.6) is 5.75 Å². The van der Waals surface area contributed by atoms with Crippen molar-refractivity contribution in [2.75, 3.05) is 9.80 Å². The number of para-hydroxylation sites is 1. The lowest BCUT2D eigenvalue weighted by molar-refractivity contribution is -0.131. The van der Waals surface area contributed by atoms with Crippen molar-refractivity contribution in [3.05, 3.63) is 107 Å². The predicted octanol–water partition coefficient (Wildman–Crippen LogP) is 6.12. The number of imide groups is 2. The minimum absolute atomic E-state index is 0.0470. The number of phenols is 1. The number of fused-ring (bicyclic) bond motifs is 4. The Balaban J connectivity index is 1.37. The number of benzene rings is 3. The van der Waals surface area contributed by atoms with E-state index in [9.17, 15) is 24.3 Å². The Morgan fingerprint density at radius 3 is 2.28 bits per heavy atom. The molecule has 7 nitrogen and oxygen atoms in total. The second-order valence-corrected chi connectivity index (χ2v) is 12.4. The number of rotatable bonds is 4. The van der Waals surface area contributed by atoms with Crippen LogP contribution < -0.4 is 9.80 Å². The number of hydrogen-bond acceptors (Lipinski definition) is 5. The minimum Gasteiger partial charge on any atom is -0.508 e. The van der Waals surface area contributed by atoms with Crippen molar-refractivity contribution in [2.24, 2.45) is 29.1 Å². The molecule has 0 radical (unpaired) electrons. The number of amides is 4. The second-order valence-electron chi connectivity index (χ2n) is 12.0. The van der Waals surface area contributed by atoms with Crippen LogP contribution in [0.2, 0.25) is 5.02 Å². The van der Waals surface area contributed by atoms with Crippen molar-refractivity contribution in [1.82, 2.24) is 0 Å². The van der Waals surface area contributed by atoms with Gasteiger partial charge in [-0.25, -0.2) is 4.90 Å². The van der Waals surface area contributed by atoms with Crippen molar-refractivity contribution in [2.45, 2.75) is 25.7 Å². The van der Waals surface area contributed by atoms with Crippen LogP contribution in [0.4, 0.5) is 11.4 Å². The molecule has 6 unspecified atom stereocenters. The Morgan fingerprint density at radius 2 is 1.58 bits per heavy atom. The highest BCUT2D eigenvalue weighted by atomic mass is 35.5. The first-order chi connectivity index (χ1) is 20.7. The van der Waals surface area contributed by atoms with Gasteiger partial charge in [-0.3, -0.25) is 24.1 Å². The fraction of sp³-hybridized carbons (Fsp3) is 0.257. The third-order valence-electron chi connectivity index (χ3n) is 9.98. The Kier molecular flexibility index (Phi) is 6.22. The van der Waals surface area contributed by atoms with Crippen LogP contribution in [0.15, 0.2) is 91.0 Å². The maximum atomic E-state index is 14.4. The van der Waals surface area contributed by atoms with E-state index in [1.807, 2.05) is 12.1 Å². The average molecular weight is 593 g/mol. The SMILES string of the molecule is C=Cc1ccc(N2C(=O)C3CC=C4C(CC5C(=O)N(c6ccccc6)C(=O)C5(C)C4c4cc(Cl)ccc4O)C3C2=O)cc1. The summed E-state index contributed by atoms with van der Waals surface area (Å²) in [5.41, 5.74) is 1.79. The van der Waals surface area contributed by atoms with Gasteiger partial charge in [-0.05, 0) is 73.7 Å². The largest absolute Gasteiger partial charge is 0.508 e. The Bertz CT molecular complexity index is 1750. The maximum absolute atomic E-state index is 14.4. The van der Waals surface area contributed by atoms with Gasteiger partial charge in [-0.1, -0.05) is 66.2 Å². The van der Waals surface area contributed by atoms with Crippen LogP contribution in [0.3, 0.4) is 0 Å². The highest BCUT2D eigenvalue weighted by Gasteiger charge is 2.68. The summed E-state index contributed by atoms with van der Waals surface area (Å²) in [7, 11) is 0. The van der Waals surface area contributed by atoms with Crippen molar-refractivity contribution in [3.8, 4) is 5.75 Å². The molecule has 2 heterocycles. The quantitative estimate of drug-likeness (QED) is 0.291. The molecular formula is C35H29ClN2O5. The van der Waals surface area contributed by atoms with Crippen LogP contribution in [-0.4, -0.2) is 28.7 Å². The van der Waals surface area contributed by atoms with Gasteiger partial charge in [0, 0.05) is 16.5 Å². The smallest absolute Gasteiger partial charge is 0.241 e. The van der Waals surface area contributed by atoms with E-state index in [-0.39, 0.29) is 35.8 Å². The molecule has 6 atom stereocenters. The number of carbonyl (C=O) groups is 4. The topological polar surface area (TPSA) is 95.0 Å². The van der Waals surface area contributed by atoms with E-state index in [4.69, 9.17) is 11.6 Å². The van der Waals surface area contributed by atoms with Crippen LogP contribution in [0.1, 0.15) is 36.8 Å². The van der Waals surface area contributed by atoms with Crippen LogP contribution >= 0.6 is 11.6 Å². The van der Waals surface area contributed by atoms with Gasteiger partial charge in [-0.2, -0.15) is 0 Å². The van der Waals surface area contributed by atoms with Gasteiger partial charge in [0.25, 0.3) is 0 Å². The molecule has 0 bridgehead atoms. The van der Waals surface area contributed by atoms with E-state index in [0.717, 1.165) is 11.1 Å². The first kappa shape index (κ1) is 27.3. The lowest BCUT2D eigenvalue weighted by atomic mass is 9.51. The molecule has 8 heteroatoms. The molecule has 3 aromatic rings. The number of halogens is 1. The predicted molar refractivity (Wildman–Crippen MR) is 163 cm³/mol. The molecule has 0 aromatic heterocycles. The summed E-state index contributed by atoms with van der Waals surface area (Å²) in [4.78, 5) is 59.0. The number of aromatic hydroxyl groups is 1. The molecule has 3 aromatic carbocycles. The van der Waals surface area contributed by atoms with Crippen LogP contribution in [-0.2, 0) is 19.2 Å². The highest BCUT2D eigenvalue weighted by Crippen LogP contribution is 2.64. The van der Waals surface area contributed by atoms with Gasteiger partial charge < -0.3 is 5.11 Å². The number of allylic oxidation sites excluding steroid dienone is 2. The zero-order valence-corrected chi connectivity index (χ0v) is 24.2. The molecule has 43 heavy (non-hydrogen) atoms. The summed E-state index contributed by atoms with van der Waals surface area (Å²) in [6, 6.07) is 20.6. The summed E-state index contributed by atoms with van der Waals surface area (Å²) in [6.07, 6.45) is 4.19. The molecular weight excluding hydrogens is 564 g/mol. The first-order valence-electron chi connectivity index (χ1n) is 14.4. The fourth-order valence-corrected chi connectivity index (χ4v) is 8.13. The highest BCUT2D eigenvalue weighted by molar-refractivity contribution is 6.30. The van der Waals surface area contributed by atoms with Gasteiger partial charge in [-0.15, -0.1) is 0 Å². The standard InChI is InChI=1S/C35H29ClN2O5/c1-3-19-9-12-22(13-10-19)37-31(40)24-15-14-23-25(29(24)33(37)42)18-27-32(41)38(21-7-5-4-6-8-21)34(43)35(27,2)30(23)26-17-20(36)11-16-28(26)39/h3-14,16-17,24-25,27,29-30,39H,1,15,18H2,2H3. The molecule has 0 spiro atoms.